The normalized spacial score (nSPS) is 11.1. The molecule has 1 N–H and O–H groups in total. The third-order valence-electron chi connectivity index (χ3n) is 1.90. The summed E-state index contributed by atoms with van der Waals surface area (Å²) in [5.41, 5.74) is 0.344. The summed E-state index contributed by atoms with van der Waals surface area (Å²) in [5, 5.41) is 2.98. The smallest absolute Gasteiger partial charge is 0.268 e. The van der Waals surface area contributed by atoms with E-state index in [4.69, 9.17) is 46.4 Å². The lowest BCUT2D eigenvalue weighted by Crippen LogP contribution is -2.38. The summed E-state index contributed by atoms with van der Waals surface area (Å²) < 4.78 is -2.12. The Morgan fingerprint density at radius 1 is 1.18 bits per heavy atom. The predicted octanol–water partition coefficient (Wildman–Crippen LogP) is 3.69. The number of carbonyl (C=O) groups excluding carboxylic acids is 2. The monoisotopic (exact) mass is 313 g/mol. The molecule has 0 atom stereocenters. The van der Waals surface area contributed by atoms with Gasteiger partial charge in [-0.05, 0) is 25.1 Å². The second kappa shape index (κ2) is 5.44. The molecule has 17 heavy (non-hydrogen) atoms. The molecule has 92 valence electrons. The van der Waals surface area contributed by atoms with Crippen LogP contribution in [0, 0.1) is 0 Å². The minimum Gasteiger partial charge on any atom is -0.323 e. The van der Waals surface area contributed by atoms with Crippen molar-refractivity contribution in [3.63, 3.8) is 0 Å². The van der Waals surface area contributed by atoms with Gasteiger partial charge in [-0.25, -0.2) is 0 Å². The number of halogens is 4. The third-order valence-corrected chi connectivity index (χ3v) is 3.52. The molecule has 3 nitrogen and oxygen atoms in total. The van der Waals surface area contributed by atoms with Crippen LogP contribution in [0.25, 0.3) is 0 Å². The van der Waals surface area contributed by atoms with Gasteiger partial charge in [0.05, 0.1) is 10.0 Å². The van der Waals surface area contributed by atoms with E-state index in [1.807, 2.05) is 0 Å². The van der Waals surface area contributed by atoms with E-state index < -0.39 is 16.0 Å². The summed E-state index contributed by atoms with van der Waals surface area (Å²) in [4.78, 5) is 22.6. The number of nitrogens with one attached hydrogen (secondary N) is 1. The highest BCUT2D eigenvalue weighted by Crippen LogP contribution is 2.28. The van der Waals surface area contributed by atoms with Crippen molar-refractivity contribution in [2.45, 2.75) is 11.3 Å². The lowest BCUT2D eigenvalue weighted by atomic mass is 10.2. The van der Waals surface area contributed by atoms with Crippen molar-refractivity contribution in [1.82, 2.24) is 0 Å². The van der Waals surface area contributed by atoms with Crippen molar-refractivity contribution in [3.05, 3.63) is 28.2 Å². The topological polar surface area (TPSA) is 46.2 Å². The molecule has 0 aliphatic carbocycles. The lowest BCUT2D eigenvalue weighted by molar-refractivity contribution is -0.125. The molecule has 0 unspecified atom stereocenters. The molecule has 1 aromatic carbocycles. The number of hydrogen-bond donors (Lipinski definition) is 1. The Morgan fingerprint density at radius 3 is 2.24 bits per heavy atom. The molecule has 0 saturated carbocycles. The molecular weight excluding hydrogens is 308 g/mol. The van der Waals surface area contributed by atoms with Gasteiger partial charge in [-0.15, -0.1) is 0 Å². The first kappa shape index (κ1) is 14.6. The zero-order chi connectivity index (χ0) is 13.2. The minimum atomic E-state index is -2.12. The van der Waals surface area contributed by atoms with Gasteiger partial charge in [-0.2, -0.15) is 0 Å². The zero-order valence-electron chi connectivity index (χ0n) is 8.56. The van der Waals surface area contributed by atoms with Gasteiger partial charge in [0.1, 0.15) is 0 Å². The number of hydrogen-bond acceptors (Lipinski definition) is 2. The summed E-state index contributed by atoms with van der Waals surface area (Å²) in [5.74, 6) is -1.51. The van der Waals surface area contributed by atoms with Gasteiger partial charge in [-0.3, -0.25) is 9.59 Å². The number of Topliss-reactive ketones (excluding diaryl/α,β-unsaturated/α-hetero) is 1. The van der Waals surface area contributed by atoms with Crippen LogP contribution in [0.4, 0.5) is 5.69 Å². The maximum absolute atomic E-state index is 11.6. The minimum absolute atomic E-state index is 0.266. The highest BCUT2D eigenvalue weighted by atomic mass is 35.5. The second-order valence-electron chi connectivity index (χ2n) is 3.21. The van der Waals surface area contributed by atoms with E-state index in [0.717, 1.165) is 6.92 Å². The summed E-state index contributed by atoms with van der Waals surface area (Å²) in [6, 6.07) is 4.43. The molecule has 0 fully saturated rings. The Labute approximate surface area is 118 Å². The molecule has 0 radical (unpaired) electrons. The van der Waals surface area contributed by atoms with Gasteiger partial charge >= 0.3 is 0 Å². The summed E-state index contributed by atoms with van der Waals surface area (Å²) in [6.45, 7) is 1.12. The highest BCUT2D eigenvalue weighted by molar-refractivity contribution is 6.68. The van der Waals surface area contributed by atoms with Gasteiger partial charge in [-0.1, -0.05) is 46.4 Å². The first-order chi connectivity index (χ1) is 7.75. The summed E-state index contributed by atoms with van der Waals surface area (Å²) in [7, 11) is 0. The van der Waals surface area contributed by atoms with Crippen molar-refractivity contribution < 1.29 is 9.59 Å². The van der Waals surface area contributed by atoms with Crippen molar-refractivity contribution >= 4 is 63.8 Å². The standard InChI is InChI=1S/C10H7Cl4NO2/c1-5(16)10(13,14)9(17)15-6-2-3-7(11)8(12)4-6/h2-4H,1H3,(H,15,17). The van der Waals surface area contributed by atoms with E-state index >= 15 is 0 Å². The number of benzene rings is 1. The number of carbonyl (C=O) groups is 2. The van der Waals surface area contributed by atoms with Crippen molar-refractivity contribution in [2.24, 2.45) is 0 Å². The summed E-state index contributed by atoms with van der Waals surface area (Å²) in [6.07, 6.45) is 0. The van der Waals surface area contributed by atoms with Gasteiger partial charge in [0.15, 0.2) is 5.78 Å². The van der Waals surface area contributed by atoms with Crippen LogP contribution < -0.4 is 5.32 Å². The van der Waals surface area contributed by atoms with Crippen LogP contribution in [0.2, 0.25) is 10.0 Å². The quantitative estimate of drug-likeness (QED) is 0.683. The first-order valence-electron chi connectivity index (χ1n) is 4.40. The molecule has 0 aliphatic heterocycles. The SMILES string of the molecule is CC(=O)C(Cl)(Cl)C(=O)Nc1ccc(Cl)c(Cl)c1. The fraction of sp³-hybridized carbons (Fsp3) is 0.200. The molecule has 0 heterocycles. The molecule has 1 amide bonds. The van der Waals surface area contributed by atoms with E-state index in [2.05, 4.69) is 5.32 Å². The predicted molar refractivity (Wildman–Crippen MR) is 70.2 cm³/mol. The van der Waals surface area contributed by atoms with Crippen LogP contribution in [0.15, 0.2) is 18.2 Å². The third kappa shape index (κ3) is 3.49. The van der Waals surface area contributed by atoms with Crippen LogP contribution in [0.5, 0.6) is 0 Å². The van der Waals surface area contributed by atoms with Crippen molar-refractivity contribution in [2.75, 3.05) is 5.32 Å². The second-order valence-corrected chi connectivity index (χ2v) is 5.36. The molecule has 1 rings (SSSR count). The molecule has 1 aromatic rings. The van der Waals surface area contributed by atoms with E-state index in [-0.39, 0.29) is 5.02 Å². The van der Waals surface area contributed by atoms with E-state index in [9.17, 15) is 9.59 Å². The lowest BCUT2D eigenvalue weighted by Gasteiger charge is -2.15. The number of amides is 1. The fourth-order valence-corrected chi connectivity index (χ4v) is 1.34. The van der Waals surface area contributed by atoms with Crippen LogP contribution in [0.3, 0.4) is 0 Å². The van der Waals surface area contributed by atoms with Crippen molar-refractivity contribution in [3.8, 4) is 0 Å². The Kier molecular flexibility index (Phi) is 4.67. The van der Waals surface area contributed by atoms with Crippen LogP contribution in [0.1, 0.15) is 6.92 Å². The average Bonchev–Trinajstić information content (AvgIpc) is 2.23. The number of rotatable bonds is 3. The Bertz CT molecular complexity index is 473. The maximum atomic E-state index is 11.6. The van der Waals surface area contributed by atoms with E-state index in [1.165, 1.54) is 18.2 Å². The van der Waals surface area contributed by atoms with Crippen LogP contribution in [-0.4, -0.2) is 16.0 Å². The van der Waals surface area contributed by atoms with Crippen LogP contribution >= 0.6 is 46.4 Å². The molecular formula is C10H7Cl4NO2. The molecule has 0 aliphatic rings. The van der Waals surface area contributed by atoms with Crippen molar-refractivity contribution in [1.29, 1.82) is 0 Å². The average molecular weight is 315 g/mol. The highest BCUT2D eigenvalue weighted by Gasteiger charge is 2.39. The first-order valence-corrected chi connectivity index (χ1v) is 5.91. The Hall–Kier alpha value is -0.480. The van der Waals surface area contributed by atoms with Gasteiger partial charge in [0, 0.05) is 5.69 Å². The number of ketones is 1. The molecule has 7 heteroatoms. The number of anilines is 1. The Morgan fingerprint density at radius 2 is 1.76 bits per heavy atom. The molecule has 0 saturated heterocycles. The van der Waals surface area contributed by atoms with E-state index in [0.29, 0.717) is 10.7 Å². The van der Waals surface area contributed by atoms with Gasteiger partial charge in [0.2, 0.25) is 0 Å². The number of alkyl halides is 2. The Balaban J connectivity index is 2.89. The van der Waals surface area contributed by atoms with Crippen LogP contribution in [-0.2, 0) is 9.59 Å². The van der Waals surface area contributed by atoms with Gasteiger partial charge in [0.25, 0.3) is 10.2 Å². The maximum Gasteiger partial charge on any atom is 0.268 e. The molecule has 0 bridgehead atoms. The largest absolute Gasteiger partial charge is 0.323 e. The molecule has 0 spiro atoms. The fourth-order valence-electron chi connectivity index (χ4n) is 0.943. The zero-order valence-corrected chi connectivity index (χ0v) is 11.6. The van der Waals surface area contributed by atoms with E-state index in [1.54, 1.807) is 0 Å². The van der Waals surface area contributed by atoms with Gasteiger partial charge < -0.3 is 5.32 Å². The summed E-state index contributed by atoms with van der Waals surface area (Å²) >= 11 is 22.6. The molecule has 0 aromatic heterocycles.